The molecule has 7 nitrogen and oxygen atoms in total. The molecule has 0 atom stereocenters. The molecule has 29 heavy (non-hydrogen) atoms. The van der Waals surface area contributed by atoms with Crippen LogP contribution in [0.1, 0.15) is 5.56 Å². The van der Waals surface area contributed by atoms with Crippen molar-refractivity contribution in [1.29, 1.82) is 0 Å². The topological polar surface area (TPSA) is 81.9 Å². The highest BCUT2D eigenvalue weighted by Gasteiger charge is 2.15. The molecule has 0 radical (unpaired) electrons. The molecule has 0 spiro atoms. The molecule has 1 aromatic carbocycles. The zero-order valence-corrected chi connectivity index (χ0v) is 17.6. The quantitative estimate of drug-likeness (QED) is 0.497. The summed E-state index contributed by atoms with van der Waals surface area (Å²) in [5.74, 6) is 0.952. The van der Waals surface area contributed by atoms with E-state index in [4.69, 9.17) is 16.3 Å². The van der Waals surface area contributed by atoms with Gasteiger partial charge in [-0.05, 0) is 36.2 Å². The van der Waals surface area contributed by atoms with Crippen molar-refractivity contribution in [2.75, 3.05) is 26.0 Å². The van der Waals surface area contributed by atoms with E-state index in [0.717, 1.165) is 23.4 Å². The predicted molar refractivity (Wildman–Crippen MR) is 114 cm³/mol. The lowest BCUT2D eigenvalue weighted by Gasteiger charge is -2.10. The second-order valence-electron chi connectivity index (χ2n) is 6.20. The zero-order chi connectivity index (χ0) is 20.5. The Labute approximate surface area is 178 Å². The van der Waals surface area contributed by atoms with Crippen LogP contribution in [0.15, 0.2) is 53.9 Å². The number of halogens is 1. The third kappa shape index (κ3) is 6.28. The summed E-state index contributed by atoms with van der Waals surface area (Å²) >= 11 is 7.24. The number of rotatable bonds is 10. The maximum absolute atomic E-state index is 12.2. The molecule has 3 rings (SSSR count). The lowest BCUT2D eigenvalue weighted by Crippen LogP contribution is -2.27. The molecule has 2 aromatic heterocycles. The van der Waals surface area contributed by atoms with Crippen molar-refractivity contribution in [3.8, 4) is 11.4 Å². The minimum absolute atomic E-state index is 0.0456. The summed E-state index contributed by atoms with van der Waals surface area (Å²) in [6.45, 7) is 1.69. The number of ether oxygens (including phenoxy) is 1. The van der Waals surface area contributed by atoms with Gasteiger partial charge in [0.15, 0.2) is 11.0 Å². The van der Waals surface area contributed by atoms with Crippen LogP contribution in [0.2, 0.25) is 5.02 Å². The fraction of sp³-hybridized carbons (Fsp3) is 0.300. The smallest absolute Gasteiger partial charge is 0.230 e. The number of hydrogen-bond acceptors (Lipinski definition) is 6. The van der Waals surface area contributed by atoms with Crippen LogP contribution >= 0.6 is 23.4 Å². The SMILES string of the molecule is COCCn1c(SCC(=O)NCCc2ccc(Cl)cc2)nnc1-c1ccncc1. The number of methoxy groups -OCH3 is 1. The molecule has 3 aromatic rings. The van der Waals surface area contributed by atoms with Gasteiger partial charge in [0.25, 0.3) is 0 Å². The lowest BCUT2D eigenvalue weighted by atomic mass is 10.1. The molecule has 0 saturated heterocycles. The van der Waals surface area contributed by atoms with E-state index in [9.17, 15) is 4.79 Å². The molecule has 152 valence electrons. The van der Waals surface area contributed by atoms with Gasteiger partial charge < -0.3 is 10.1 Å². The Balaban J connectivity index is 1.55. The van der Waals surface area contributed by atoms with Gasteiger partial charge in [-0.25, -0.2) is 0 Å². The first-order valence-corrected chi connectivity index (χ1v) is 10.5. The summed E-state index contributed by atoms with van der Waals surface area (Å²) in [5.41, 5.74) is 2.05. The highest BCUT2D eigenvalue weighted by molar-refractivity contribution is 7.99. The van der Waals surface area contributed by atoms with Gasteiger partial charge in [0.05, 0.1) is 18.9 Å². The molecule has 0 bridgehead atoms. The molecule has 2 heterocycles. The van der Waals surface area contributed by atoms with E-state index >= 15 is 0 Å². The summed E-state index contributed by atoms with van der Waals surface area (Å²) in [6, 6.07) is 11.4. The minimum atomic E-state index is -0.0456. The fourth-order valence-electron chi connectivity index (χ4n) is 2.67. The Morgan fingerprint density at radius 2 is 1.93 bits per heavy atom. The summed E-state index contributed by atoms with van der Waals surface area (Å²) in [6.07, 6.45) is 4.18. The number of carbonyl (C=O) groups excluding carboxylic acids is 1. The Hall–Kier alpha value is -2.42. The first-order valence-electron chi connectivity index (χ1n) is 9.14. The Morgan fingerprint density at radius 3 is 2.66 bits per heavy atom. The van der Waals surface area contributed by atoms with E-state index < -0.39 is 0 Å². The van der Waals surface area contributed by atoms with Crippen molar-refractivity contribution in [1.82, 2.24) is 25.1 Å². The van der Waals surface area contributed by atoms with Gasteiger partial charge in [-0.3, -0.25) is 14.3 Å². The molecule has 0 aliphatic carbocycles. The van der Waals surface area contributed by atoms with Gasteiger partial charge >= 0.3 is 0 Å². The monoisotopic (exact) mass is 431 g/mol. The lowest BCUT2D eigenvalue weighted by molar-refractivity contribution is -0.118. The number of hydrogen-bond donors (Lipinski definition) is 1. The average molecular weight is 432 g/mol. The Kier molecular flexibility index (Phi) is 8.03. The standard InChI is InChI=1S/C20H22ClN5O2S/c1-28-13-12-26-19(16-7-9-22-10-8-16)24-25-20(26)29-14-18(27)23-11-6-15-2-4-17(21)5-3-15/h2-5,7-10H,6,11-14H2,1H3,(H,23,27). The molecule has 1 amide bonds. The van der Waals surface area contributed by atoms with Crippen molar-refractivity contribution in [3.63, 3.8) is 0 Å². The molecular formula is C20H22ClN5O2S. The largest absolute Gasteiger partial charge is 0.383 e. The third-order valence-corrected chi connectivity index (χ3v) is 5.37. The molecule has 9 heteroatoms. The van der Waals surface area contributed by atoms with Gasteiger partial charge in [0, 0.05) is 36.6 Å². The van der Waals surface area contributed by atoms with Crippen LogP contribution in [0.4, 0.5) is 0 Å². The molecular weight excluding hydrogens is 410 g/mol. The average Bonchev–Trinajstić information content (AvgIpc) is 3.15. The van der Waals surface area contributed by atoms with Crippen LogP contribution in [0, 0.1) is 0 Å². The molecule has 0 aliphatic rings. The van der Waals surface area contributed by atoms with Crippen LogP contribution in [0.5, 0.6) is 0 Å². The second kappa shape index (κ2) is 10.9. The molecule has 0 aliphatic heterocycles. The van der Waals surface area contributed by atoms with Crippen molar-refractivity contribution in [2.24, 2.45) is 0 Å². The van der Waals surface area contributed by atoms with Gasteiger partial charge in [-0.15, -0.1) is 10.2 Å². The van der Waals surface area contributed by atoms with Crippen LogP contribution in [0.3, 0.4) is 0 Å². The van der Waals surface area contributed by atoms with E-state index in [0.29, 0.717) is 29.9 Å². The Bertz CT molecular complexity index is 918. The first kappa shape index (κ1) is 21.3. The van der Waals surface area contributed by atoms with E-state index in [1.807, 2.05) is 41.0 Å². The zero-order valence-electron chi connectivity index (χ0n) is 16.0. The summed E-state index contributed by atoms with van der Waals surface area (Å²) in [7, 11) is 1.65. The van der Waals surface area contributed by atoms with E-state index in [1.165, 1.54) is 11.8 Å². The number of nitrogens with one attached hydrogen (secondary N) is 1. The molecule has 0 saturated carbocycles. The number of amides is 1. The fourth-order valence-corrected chi connectivity index (χ4v) is 3.59. The van der Waals surface area contributed by atoms with Crippen LogP contribution in [0.25, 0.3) is 11.4 Å². The van der Waals surface area contributed by atoms with Gasteiger partial charge in [-0.2, -0.15) is 0 Å². The Morgan fingerprint density at radius 1 is 1.17 bits per heavy atom. The number of thioether (sulfide) groups is 1. The highest BCUT2D eigenvalue weighted by Crippen LogP contribution is 2.23. The van der Waals surface area contributed by atoms with Crippen LogP contribution in [-0.4, -0.2) is 51.7 Å². The molecule has 0 fully saturated rings. The summed E-state index contributed by atoms with van der Waals surface area (Å²) < 4.78 is 7.17. The number of benzene rings is 1. The summed E-state index contributed by atoms with van der Waals surface area (Å²) in [4.78, 5) is 16.3. The second-order valence-corrected chi connectivity index (χ2v) is 7.58. The maximum Gasteiger partial charge on any atom is 0.230 e. The van der Waals surface area contributed by atoms with Crippen LogP contribution < -0.4 is 5.32 Å². The third-order valence-electron chi connectivity index (χ3n) is 4.16. The molecule has 1 N–H and O–H groups in total. The highest BCUT2D eigenvalue weighted by atomic mass is 35.5. The number of nitrogens with zero attached hydrogens (tertiary/aromatic N) is 4. The molecule has 0 unspecified atom stereocenters. The van der Waals surface area contributed by atoms with E-state index in [2.05, 4.69) is 20.5 Å². The van der Waals surface area contributed by atoms with Gasteiger partial charge in [0.1, 0.15) is 0 Å². The minimum Gasteiger partial charge on any atom is -0.383 e. The number of aromatic nitrogens is 4. The van der Waals surface area contributed by atoms with Crippen molar-refractivity contribution >= 4 is 29.3 Å². The summed E-state index contributed by atoms with van der Waals surface area (Å²) in [5, 5.41) is 12.9. The predicted octanol–water partition coefficient (Wildman–Crippen LogP) is 3.09. The van der Waals surface area contributed by atoms with Crippen molar-refractivity contribution < 1.29 is 9.53 Å². The normalized spacial score (nSPS) is 10.8. The van der Waals surface area contributed by atoms with Crippen molar-refractivity contribution in [2.45, 2.75) is 18.1 Å². The van der Waals surface area contributed by atoms with Gasteiger partial charge in [0.2, 0.25) is 5.91 Å². The van der Waals surface area contributed by atoms with Crippen LogP contribution in [-0.2, 0) is 22.5 Å². The number of carbonyl (C=O) groups is 1. The van der Waals surface area contributed by atoms with E-state index in [-0.39, 0.29) is 11.7 Å². The van der Waals surface area contributed by atoms with Crippen molar-refractivity contribution in [3.05, 3.63) is 59.4 Å². The number of pyridine rings is 1. The maximum atomic E-state index is 12.2. The van der Waals surface area contributed by atoms with Gasteiger partial charge in [-0.1, -0.05) is 35.5 Å². The first-order chi connectivity index (χ1) is 14.2. The van der Waals surface area contributed by atoms with E-state index in [1.54, 1.807) is 19.5 Å².